The molecule has 0 bridgehead atoms. The van der Waals surface area contributed by atoms with Gasteiger partial charge in [0, 0.05) is 0 Å². The Hall–Kier alpha value is -0.200. The van der Waals surface area contributed by atoms with Gasteiger partial charge < -0.3 is 26.4 Å². The Morgan fingerprint density at radius 1 is 1.30 bits per heavy atom. The first-order chi connectivity index (χ1) is 4.63. The summed E-state index contributed by atoms with van der Waals surface area (Å²) >= 11 is 0. The van der Waals surface area contributed by atoms with Crippen LogP contribution in [0.4, 0.5) is 0 Å². The average Bonchev–Trinajstić information content (AvgIpc) is 1.93. The van der Waals surface area contributed by atoms with E-state index in [4.69, 9.17) is 26.4 Å². The summed E-state index contributed by atoms with van der Waals surface area (Å²) in [6, 6.07) is -1.28. The van der Waals surface area contributed by atoms with Gasteiger partial charge in [-0.1, -0.05) is 0 Å². The fourth-order valence-corrected chi connectivity index (χ4v) is 0.874. The van der Waals surface area contributed by atoms with Crippen LogP contribution in [0.15, 0.2) is 0 Å². The van der Waals surface area contributed by atoms with Crippen molar-refractivity contribution in [2.75, 3.05) is 6.61 Å². The summed E-state index contributed by atoms with van der Waals surface area (Å²) in [5, 5.41) is 18.0. The maximum Gasteiger partial charge on any atom is 0.172 e. The molecule has 1 saturated heterocycles. The lowest BCUT2D eigenvalue weighted by Gasteiger charge is -2.33. The maximum absolute atomic E-state index is 9.13. The highest BCUT2D eigenvalue weighted by Crippen LogP contribution is 2.09. The van der Waals surface area contributed by atoms with Crippen molar-refractivity contribution in [3.05, 3.63) is 0 Å². The lowest BCUT2D eigenvalue weighted by Crippen LogP contribution is -2.60. The van der Waals surface area contributed by atoms with E-state index in [9.17, 15) is 0 Å². The van der Waals surface area contributed by atoms with Crippen molar-refractivity contribution in [1.29, 1.82) is 0 Å². The summed E-state index contributed by atoms with van der Waals surface area (Å²) in [6.07, 6.45) is -1.96. The summed E-state index contributed by atoms with van der Waals surface area (Å²) in [4.78, 5) is 0. The average molecular weight is 148 g/mol. The van der Waals surface area contributed by atoms with Gasteiger partial charge in [-0.15, -0.1) is 0 Å². The van der Waals surface area contributed by atoms with Crippen molar-refractivity contribution >= 4 is 0 Å². The Kier molecular flexibility index (Phi) is 2.22. The molecule has 0 radical (unpaired) electrons. The van der Waals surface area contributed by atoms with Crippen LogP contribution >= 0.6 is 0 Å². The summed E-state index contributed by atoms with van der Waals surface area (Å²) in [5.41, 5.74) is 10.7. The maximum atomic E-state index is 9.13. The SMILES string of the molecule is N[C@@H]1[C@H](O)[C@H](N)CO[C@@H]1O. The van der Waals surface area contributed by atoms with Crippen LogP contribution in [-0.4, -0.2) is 41.3 Å². The van der Waals surface area contributed by atoms with Crippen molar-refractivity contribution < 1.29 is 14.9 Å². The molecule has 0 aliphatic carbocycles. The van der Waals surface area contributed by atoms with Gasteiger partial charge in [0.2, 0.25) is 0 Å². The molecule has 5 heteroatoms. The molecule has 5 nitrogen and oxygen atoms in total. The molecule has 1 heterocycles. The van der Waals surface area contributed by atoms with E-state index in [1.807, 2.05) is 0 Å². The Morgan fingerprint density at radius 2 is 1.90 bits per heavy atom. The number of hydrogen-bond donors (Lipinski definition) is 4. The minimum atomic E-state index is -1.09. The second kappa shape index (κ2) is 2.81. The fraction of sp³-hybridized carbons (Fsp3) is 1.00. The summed E-state index contributed by atoms with van der Waals surface area (Å²) in [6.45, 7) is 0.149. The highest BCUT2D eigenvalue weighted by molar-refractivity contribution is 4.87. The second-order valence-corrected chi connectivity index (χ2v) is 2.46. The van der Waals surface area contributed by atoms with Crippen molar-refractivity contribution in [2.24, 2.45) is 11.5 Å². The molecule has 1 rings (SSSR count). The third-order valence-electron chi connectivity index (χ3n) is 1.62. The summed E-state index contributed by atoms with van der Waals surface area (Å²) in [7, 11) is 0. The zero-order valence-electron chi connectivity index (χ0n) is 5.47. The van der Waals surface area contributed by atoms with Crippen LogP contribution < -0.4 is 11.5 Å². The van der Waals surface area contributed by atoms with E-state index >= 15 is 0 Å². The van der Waals surface area contributed by atoms with Gasteiger partial charge in [0.05, 0.1) is 24.8 Å². The predicted molar refractivity (Wildman–Crippen MR) is 33.9 cm³/mol. The first-order valence-corrected chi connectivity index (χ1v) is 3.12. The van der Waals surface area contributed by atoms with Crippen LogP contribution in [-0.2, 0) is 4.74 Å². The van der Waals surface area contributed by atoms with Gasteiger partial charge in [-0.2, -0.15) is 0 Å². The minimum absolute atomic E-state index is 0.149. The number of hydrogen-bond acceptors (Lipinski definition) is 5. The molecule has 0 aromatic heterocycles. The number of ether oxygens (including phenoxy) is 1. The first kappa shape index (κ1) is 7.90. The monoisotopic (exact) mass is 148 g/mol. The largest absolute Gasteiger partial charge is 0.390 e. The summed E-state index contributed by atoms with van der Waals surface area (Å²) in [5.74, 6) is 0. The number of aliphatic hydroxyl groups is 2. The van der Waals surface area contributed by atoms with Crippen molar-refractivity contribution in [2.45, 2.75) is 24.5 Å². The van der Waals surface area contributed by atoms with Gasteiger partial charge in [-0.05, 0) is 0 Å². The number of nitrogens with two attached hydrogens (primary N) is 2. The van der Waals surface area contributed by atoms with E-state index in [1.165, 1.54) is 0 Å². The highest BCUT2D eigenvalue weighted by atomic mass is 16.6. The molecular weight excluding hydrogens is 136 g/mol. The summed E-state index contributed by atoms with van der Waals surface area (Å²) < 4.78 is 4.72. The number of aliphatic hydroxyl groups excluding tert-OH is 2. The van der Waals surface area contributed by atoms with Crippen LogP contribution in [0.1, 0.15) is 0 Å². The van der Waals surface area contributed by atoms with Crippen LogP contribution in [0, 0.1) is 0 Å². The molecule has 1 aliphatic rings. The molecule has 0 unspecified atom stereocenters. The smallest absolute Gasteiger partial charge is 0.172 e. The molecule has 1 aliphatic heterocycles. The zero-order chi connectivity index (χ0) is 7.72. The third kappa shape index (κ3) is 1.28. The van der Waals surface area contributed by atoms with E-state index in [1.54, 1.807) is 0 Å². The van der Waals surface area contributed by atoms with Crippen LogP contribution in [0.25, 0.3) is 0 Å². The van der Waals surface area contributed by atoms with E-state index in [2.05, 4.69) is 0 Å². The van der Waals surface area contributed by atoms with Gasteiger partial charge in [-0.3, -0.25) is 0 Å². The predicted octanol–water partition coefficient (Wildman–Crippen LogP) is -2.65. The van der Waals surface area contributed by atoms with Crippen molar-refractivity contribution in [3.8, 4) is 0 Å². The Bertz CT molecular complexity index is 107. The number of rotatable bonds is 0. The Labute approximate surface area is 58.6 Å². The lowest BCUT2D eigenvalue weighted by atomic mass is 10.0. The Balaban J connectivity index is 2.52. The van der Waals surface area contributed by atoms with Gasteiger partial charge in [0.15, 0.2) is 6.29 Å². The van der Waals surface area contributed by atoms with E-state index in [-0.39, 0.29) is 6.61 Å². The zero-order valence-corrected chi connectivity index (χ0v) is 5.47. The second-order valence-electron chi connectivity index (χ2n) is 2.46. The van der Waals surface area contributed by atoms with E-state index < -0.39 is 24.5 Å². The van der Waals surface area contributed by atoms with Gasteiger partial charge in [-0.25, -0.2) is 0 Å². The molecule has 0 saturated carbocycles. The quantitative estimate of drug-likeness (QED) is 0.300. The van der Waals surface area contributed by atoms with Crippen molar-refractivity contribution in [1.82, 2.24) is 0 Å². The molecule has 10 heavy (non-hydrogen) atoms. The van der Waals surface area contributed by atoms with Crippen LogP contribution in [0.5, 0.6) is 0 Å². The van der Waals surface area contributed by atoms with Gasteiger partial charge in [0.25, 0.3) is 0 Å². The van der Waals surface area contributed by atoms with Gasteiger partial charge in [0.1, 0.15) is 0 Å². The molecule has 60 valence electrons. The van der Waals surface area contributed by atoms with Crippen molar-refractivity contribution in [3.63, 3.8) is 0 Å². The highest BCUT2D eigenvalue weighted by Gasteiger charge is 2.33. The van der Waals surface area contributed by atoms with E-state index in [0.717, 1.165) is 0 Å². The molecule has 0 aromatic rings. The molecule has 0 spiro atoms. The molecule has 0 aromatic carbocycles. The molecule has 6 N–H and O–H groups in total. The standard InChI is InChI=1S/C5H12N2O3/c6-2-1-10-5(9)3(7)4(2)8/h2-5,8-9H,1,6-7H2/t2-,3-,4-,5+/m1/s1. The Morgan fingerprint density at radius 3 is 2.40 bits per heavy atom. The molecule has 0 amide bonds. The third-order valence-corrected chi connectivity index (χ3v) is 1.62. The molecule has 4 atom stereocenters. The topological polar surface area (TPSA) is 102 Å². The lowest BCUT2D eigenvalue weighted by molar-refractivity contribution is -0.172. The van der Waals surface area contributed by atoms with Gasteiger partial charge >= 0.3 is 0 Å². The first-order valence-electron chi connectivity index (χ1n) is 3.12. The fourth-order valence-electron chi connectivity index (χ4n) is 0.874. The van der Waals surface area contributed by atoms with Crippen LogP contribution in [0.2, 0.25) is 0 Å². The minimum Gasteiger partial charge on any atom is -0.390 e. The molecular formula is C5H12N2O3. The molecule has 1 fully saturated rings. The normalized spacial score (nSPS) is 49.2. The van der Waals surface area contributed by atoms with E-state index in [0.29, 0.717) is 0 Å². The van der Waals surface area contributed by atoms with Crippen LogP contribution in [0.3, 0.4) is 0 Å².